The molecular weight excluding hydrogens is 240 g/mol. The van der Waals surface area contributed by atoms with E-state index in [1.807, 2.05) is 0 Å². The van der Waals surface area contributed by atoms with E-state index in [4.69, 9.17) is 4.74 Å². The van der Waals surface area contributed by atoms with E-state index < -0.39 is 0 Å². The maximum atomic E-state index is 9.22. The van der Waals surface area contributed by atoms with E-state index in [9.17, 15) is 5.11 Å². The van der Waals surface area contributed by atoms with Crippen molar-refractivity contribution >= 4 is 5.69 Å². The normalized spacial score (nSPS) is 23.6. The minimum Gasteiger partial charge on any atom is -0.394 e. The van der Waals surface area contributed by atoms with Crippen molar-refractivity contribution < 1.29 is 9.84 Å². The molecule has 0 saturated carbocycles. The van der Waals surface area contributed by atoms with Gasteiger partial charge >= 0.3 is 0 Å². The van der Waals surface area contributed by atoms with Gasteiger partial charge in [0.1, 0.15) is 0 Å². The standard InChI is InChI=1S/C15H24N2O2/c1-3-16-8-13-4-6-14(7-5-13)17-9-15(10-18)19-11-12(17)2/h4-7,12,15-16,18H,3,8-11H2,1-2H3. The molecule has 0 bridgehead atoms. The number of nitrogens with one attached hydrogen (secondary N) is 1. The molecule has 1 aliphatic heterocycles. The fraction of sp³-hybridized carbons (Fsp3) is 0.600. The maximum Gasteiger partial charge on any atom is 0.0981 e. The molecule has 2 atom stereocenters. The minimum atomic E-state index is -0.0716. The molecule has 1 fully saturated rings. The van der Waals surface area contributed by atoms with Gasteiger partial charge in [-0.1, -0.05) is 19.1 Å². The second kappa shape index (κ2) is 6.89. The number of morpholine rings is 1. The average Bonchev–Trinajstić information content (AvgIpc) is 2.46. The van der Waals surface area contributed by atoms with Crippen molar-refractivity contribution in [1.29, 1.82) is 0 Å². The van der Waals surface area contributed by atoms with Crippen LogP contribution in [0.3, 0.4) is 0 Å². The van der Waals surface area contributed by atoms with Crippen LogP contribution in [0.4, 0.5) is 5.69 Å². The molecule has 106 valence electrons. The Morgan fingerprint density at radius 1 is 1.37 bits per heavy atom. The number of hydrogen-bond donors (Lipinski definition) is 2. The molecule has 1 aromatic carbocycles. The predicted octanol–water partition coefficient (Wildman–Crippen LogP) is 1.38. The van der Waals surface area contributed by atoms with Crippen LogP contribution in [0.2, 0.25) is 0 Å². The van der Waals surface area contributed by atoms with E-state index in [-0.39, 0.29) is 12.7 Å². The Balaban J connectivity index is 2.03. The first-order valence-corrected chi connectivity index (χ1v) is 7.03. The lowest BCUT2D eigenvalue weighted by molar-refractivity contribution is -0.0103. The van der Waals surface area contributed by atoms with Gasteiger partial charge in [-0.3, -0.25) is 0 Å². The molecule has 4 heteroatoms. The Labute approximate surface area is 115 Å². The second-order valence-corrected chi connectivity index (χ2v) is 5.09. The molecule has 19 heavy (non-hydrogen) atoms. The average molecular weight is 264 g/mol. The number of anilines is 1. The third-order valence-electron chi connectivity index (χ3n) is 3.56. The van der Waals surface area contributed by atoms with Crippen LogP contribution < -0.4 is 10.2 Å². The van der Waals surface area contributed by atoms with Gasteiger partial charge in [0.2, 0.25) is 0 Å². The number of aliphatic hydroxyl groups is 1. The van der Waals surface area contributed by atoms with Gasteiger partial charge in [0.15, 0.2) is 0 Å². The minimum absolute atomic E-state index is 0.0716. The molecule has 1 heterocycles. The quantitative estimate of drug-likeness (QED) is 0.843. The number of rotatable bonds is 5. The maximum absolute atomic E-state index is 9.22. The number of ether oxygens (including phenoxy) is 1. The highest BCUT2D eigenvalue weighted by Gasteiger charge is 2.25. The molecule has 0 spiro atoms. The smallest absolute Gasteiger partial charge is 0.0981 e. The Hall–Kier alpha value is -1.10. The van der Waals surface area contributed by atoms with Gasteiger partial charge in [0, 0.05) is 24.8 Å². The zero-order chi connectivity index (χ0) is 13.7. The van der Waals surface area contributed by atoms with Crippen molar-refractivity contribution in [3.8, 4) is 0 Å². The number of aliphatic hydroxyl groups excluding tert-OH is 1. The van der Waals surface area contributed by atoms with E-state index in [1.165, 1.54) is 11.3 Å². The van der Waals surface area contributed by atoms with Gasteiger partial charge in [0.05, 0.1) is 19.3 Å². The van der Waals surface area contributed by atoms with Gasteiger partial charge in [-0.15, -0.1) is 0 Å². The first kappa shape index (κ1) is 14.3. The SMILES string of the molecule is CCNCc1ccc(N2CC(CO)OCC2C)cc1. The van der Waals surface area contributed by atoms with Crippen molar-refractivity contribution in [3.63, 3.8) is 0 Å². The lowest BCUT2D eigenvalue weighted by atomic mass is 10.1. The molecule has 0 amide bonds. The summed E-state index contributed by atoms with van der Waals surface area (Å²) in [4.78, 5) is 2.31. The van der Waals surface area contributed by atoms with Crippen LogP contribution in [0.15, 0.2) is 24.3 Å². The lowest BCUT2D eigenvalue weighted by Crippen LogP contribution is -2.49. The Bertz CT molecular complexity index is 380. The highest BCUT2D eigenvalue weighted by molar-refractivity contribution is 5.49. The summed E-state index contributed by atoms with van der Waals surface area (Å²) in [7, 11) is 0. The summed E-state index contributed by atoms with van der Waals surface area (Å²) in [6.45, 7) is 7.67. The summed E-state index contributed by atoms with van der Waals surface area (Å²) >= 11 is 0. The third-order valence-corrected chi connectivity index (χ3v) is 3.56. The molecule has 2 N–H and O–H groups in total. The zero-order valence-corrected chi connectivity index (χ0v) is 11.8. The topological polar surface area (TPSA) is 44.7 Å². The van der Waals surface area contributed by atoms with Crippen LogP contribution in [0, 0.1) is 0 Å². The van der Waals surface area contributed by atoms with Crippen LogP contribution in [-0.2, 0) is 11.3 Å². The summed E-state index contributed by atoms with van der Waals surface area (Å²) in [5.41, 5.74) is 2.50. The van der Waals surface area contributed by atoms with E-state index in [0.29, 0.717) is 12.6 Å². The first-order valence-electron chi connectivity index (χ1n) is 7.03. The summed E-state index contributed by atoms with van der Waals surface area (Å²) < 4.78 is 5.57. The zero-order valence-electron chi connectivity index (χ0n) is 11.8. The predicted molar refractivity (Wildman–Crippen MR) is 77.5 cm³/mol. The molecule has 4 nitrogen and oxygen atoms in total. The number of nitrogens with zero attached hydrogens (tertiary/aromatic N) is 1. The molecule has 1 aromatic rings. The Morgan fingerprint density at radius 2 is 2.11 bits per heavy atom. The first-order chi connectivity index (χ1) is 9.24. The van der Waals surface area contributed by atoms with Crippen LogP contribution in [0.1, 0.15) is 19.4 Å². The monoisotopic (exact) mass is 264 g/mol. The largest absolute Gasteiger partial charge is 0.394 e. The summed E-state index contributed by atoms with van der Waals surface area (Å²) in [5.74, 6) is 0. The van der Waals surface area contributed by atoms with Crippen molar-refractivity contribution in [3.05, 3.63) is 29.8 Å². The van der Waals surface area contributed by atoms with Gasteiger partial charge < -0.3 is 20.1 Å². The summed E-state index contributed by atoms with van der Waals surface area (Å²) in [5, 5.41) is 12.5. The molecule has 0 aliphatic carbocycles. The van der Waals surface area contributed by atoms with Crippen molar-refractivity contribution in [2.24, 2.45) is 0 Å². The van der Waals surface area contributed by atoms with E-state index in [0.717, 1.165) is 19.6 Å². The van der Waals surface area contributed by atoms with Crippen LogP contribution in [-0.4, -0.2) is 43.6 Å². The molecule has 2 rings (SSSR count). The molecule has 1 aliphatic rings. The Kier molecular flexibility index (Phi) is 5.19. The van der Waals surface area contributed by atoms with Gasteiger partial charge in [-0.2, -0.15) is 0 Å². The third kappa shape index (κ3) is 3.69. The number of benzene rings is 1. The van der Waals surface area contributed by atoms with Crippen LogP contribution >= 0.6 is 0 Å². The Morgan fingerprint density at radius 3 is 2.74 bits per heavy atom. The fourth-order valence-corrected chi connectivity index (χ4v) is 2.36. The van der Waals surface area contributed by atoms with Gasteiger partial charge in [-0.05, 0) is 31.2 Å². The highest BCUT2D eigenvalue weighted by Crippen LogP contribution is 2.22. The van der Waals surface area contributed by atoms with Crippen molar-refractivity contribution in [1.82, 2.24) is 5.32 Å². The molecular formula is C15H24N2O2. The van der Waals surface area contributed by atoms with E-state index >= 15 is 0 Å². The van der Waals surface area contributed by atoms with Gasteiger partial charge in [-0.25, -0.2) is 0 Å². The molecule has 0 aromatic heterocycles. The van der Waals surface area contributed by atoms with Crippen LogP contribution in [0.25, 0.3) is 0 Å². The van der Waals surface area contributed by atoms with Gasteiger partial charge in [0.25, 0.3) is 0 Å². The van der Waals surface area contributed by atoms with E-state index in [1.54, 1.807) is 0 Å². The van der Waals surface area contributed by atoms with Crippen LogP contribution in [0.5, 0.6) is 0 Å². The summed E-state index contributed by atoms with van der Waals surface area (Å²) in [6, 6.07) is 8.98. The fourth-order valence-electron chi connectivity index (χ4n) is 2.36. The molecule has 1 saturated heterocycles. The van der Waals surface area contributed by atoms with Crippen molar-refractivity contribution in [2.45, 2.75) is 32.5 Å². The lowest BCUT2D eigenvalue weighted by Gasteiger charge is -2.39. The summed E-state index contributed by atoms with van der Waals surface area (Å²) in [6.07, 6.45) is -0.0716. The van der Waals surface area contributed by atoms with E-state index in [2.05, 4.69) is 48.3 Å². The van der Waals surface area contributed by atoms with Crippen molar-refractivity contribution in [2.75, 3.05) is 31.2 Å². The number of hydrogen-bond acceptors (Lipinski definition) is 4. The molecule has 2 unspecified atom stereocenters. The second-order valence-electron chi connectivity index (χ2n) is 5.09. The highest BCUT2D eigenvalue weighted by atomic mass is 16.5. The molecule has 0 radical (unpaired) electrons.